The van der Waals surface area contributed by atoms with Crippen molar-refractivity contribution >= 4 is 29.0 Å². The van der Waals surface area contributed by atoms with E-state index in [1.807, 2.05) is 0 Å². The summed E-state index contributed by atoms with van der Waals surface area (Å²) in [4.78, 5) is 27.9. The van der Waals surface area contributed by atoms with Crippen molar-refractivity contribution in [2.75, 3.05) is 5.32 Å². The third-order valence-corrected chi connectivity index (χ3v) is 3.76. The molecule has 0 bridgehead atoms. The van der Waals surface area contributed by atoms with E-state index in [0.29, 0.717) is 27.6 Å². The van der Waals surface area contributed by atoms with Crippen LogP contribution in [0.3, 0.4) is 0 Å². The Morgan fingerprint density at radius 2 is 1.92 bits per heavy atom. The predicted molar refractivity (Wildman–Crippen MR) is 91.3 cm³/mol. The number of ketones is 1. The van der Waals surface area contributed by atoms with Crippen LogP contribution in [0.15, 0.2) is 59.3 Å². The van der Waals surface area contributed by atoms with Crippen LogP contribution in [0.5, 0.6) is 0 Å². The lowest BCUT2D eigenvalue weighted by molar-refractivity contribution is 0.100. The van der Waals surface area contributed by atoms with E-state index in [0.717, 1.165) is 0 Å². The van der Waals surface area contributed by atoms with Crippen molar-refractivity contribution in [3.8, 4) is 11.3 Å². The summed E-state index contributed by atoms with van der Waals surface area (Å²) in [6.07, 6.45) is 1.19. The highest BCUT2D eigenvalue weighted by Crippen LogP contribution is 2.30. The number of oxazole rings is 1. The van der Waals surface area contributed by atoms with Crippen LogP contribution in [0, 0.1) is 0 Å². The molecule has 0 saturated carbocycles. The van der Waals surface area contributed by atoms with Gasteiger partial charge in [0.05, 0.1) is 5.02 Å². The van der Waals surface area contributed by atoms with Crippen molar-refractivity contribution in [1.82, 2.24) is 4.98 Å². The van der Waals surface area contributed by atoms with Crippen LogP contribution in [0.4, 0.5) is 5.69 Å². The molecular weight excluding hydrogens is 328 g/mol. The van der Waals surface area contributed by atoms with Crippen LogP contribution in [0.2, 0.25) is 5.02 Å². The van der Waals surface area contributed by atoms with Crippen LogP contribution < -0.4 is 5.32 Å². The van der Waals surface area contributed by atoms with Gasteiger partial charge in [-0.05, 0) is 31.2 Å². The number of aromatic nitrogens is 1. The van der Waals surface area contributed by atoms with Gasteiger partial charge in [0.25, 0.3) is 5.91 Å². The highest BCUT2D eigenvalue weighted by atomic mass is 35.5. The van der Waals surface area contributed by atoms with E-state index >= 15 is 0 Å². The van der Waals surface area contributed by atoms with Gasteiger partial charge in [-0.25, -0.2) is 4.98 Å². The lowest BCUT2D eigenvalue weighted by Gasteiger charge is -2.06. The highest BCUT2D eigenvalue weighted by molar-refractivity contribution is 6.33. The maximum absolute atomic E-state index is 12.5. The fourth-order valence-corrected chi connectivity index (χ4v) is 2.47. The van der Waals surface area contributed by atoms with Crippen molar-refractivity contribution in [2.24, 2.45) is 0 Å². The Kier molecular flexibility index (Phi) is 4.44. The van der Waals surface area contributed by atoms with Crippen molar-refractivity contribution in [1.29, 1.82) is 0 Å². The van der Waals surface area contributed by atoms with Crippen LogP contribution >= 0.6 is 11.6 Å². The standard InChI is InChI=1S/C18H13ClN2O3/c1-11(22)12-5-4-6-13(9-12)21-18(23)16-17(24-10-20-16)14-7-2-3-8-15(14)19/h2-10H,1H3,(H,21,23). The Hall–Kier alpha value is -2.92. The number of benzene rings is 2. The number of carbonyl (C=O) groups is 2. The number of anilines is 1. The molecule has 0 aliphatic heterocycles. The number of hydrogen-bond donors (Lipinski definition) is 1. The molecule has 3 aromatic rings. The Morgan fingerprint density at radius 3 is 2.67 bits per heavy atom. The van der Waals surface area contributed by atoms with E-state index in [-0.39, 0.29) is 11.5 Å². The number of Topliss-reactive ketones (excluding diaryl/α,β-unsaturated/α-hetero) is 1. The van der Waals surface area contributed by atoms with Crippen molar-refractivity contribution in [2.45, 2.75) is 6.92 Å². The van der Waals surface area contributed by atoms with Gasteiger partial charge in [0.2, 0.25) is 0 Å². The fourth-order valence-electron chi connectivity index (χ4n) is 2.25. The quantitative estimate of drug-likeness (QED) is 0.712. The Balaban J connectivity index is 1.90. The molecule has 0 radical (unpaired) electrons. The molecule has 0 atom stereocenters. The van der Waals surface area contributed by atoms with Crippen LogP contribution in [0.25, 0.3) is 11.3 Å². The first-order valence-corrected chi connectivity index (χ1v) is 7.55. The summed E-state index contributed by atoms with van der Waals surface area (Å²) in [6.45, 7) is 1.47. The molecule has 1 aromatic heterocycles. The zero-order valence-corrected chi connectivity index (χ0v) is 13.5. The number of rotatable bonds is 4. The zero-order valence-electron chi connectivity index (χ0n) is 12.7. The molecule has 3 rings (SSSR count). The fraction of sp³-hybridized carbons (Fsp3) is 0.0556. The molecule has 1 amide bonds. The first-order valence-electron chi connectivity index (χ1n) is 7.17. The predicted octanol–water partition coefficient (Wildman–Crippen LogP) is 4.45. The molecule has 0 fully saturated rings. The molecule has 0 aliphatic carbocycles. The zero-order chi connectivity index (χ0) is 17.1. The Morgan fingerprint density at radius 1 is 1.12 bits per heavy atom. The number of nitrogens with one attached hydrogen (secondary N) is 1. The van der Waals surface area contributed by atoms with Crippen LogP contribution in [-0.2, 0) is 0 Å². The monoisotopic (exact) mass is 340 g/mol. The van der Waals surface area contributed by atoms with Gasteiger partial charge in [-0.3, -0.25) is 9.59 Å². The van der Waals surface area contributed by atoms with E-state index in [1.165, 1.54) is 13.3 Å². The van der Waals surface area contributed by atoms with Gasteiger partial charge in [0.15, 0.2) is 23.6 Å². The number of halogens is 1. The second kappa shape index (κ2) is 6.68. The summed E-state index contributed by atoms with van der Waals surface area (Å²) in [6, 6.07) is 13.7. The molecule has 1 N–H and O–H groups in total. The largest absolute Gasteiger partial charge is 0.443 e. The second-order valence-electron chi connectivity index (χ2n) is 5.10. The smallest absolute Gasteiger partial charge is 0.278 e. The summed E-state index contributed by atoms with van der Waals surface area (Å²) in [5.41, 5.74) is 1.72. The topological polar surface area (TPSA) is 72.2 Å². The van der Waals surface area contributed by atoms with Gasteiger partial charge in [0, 0.05) is 16.8 Å². The van der Waals surface area contributed by atoms with Gasteiger partial charge >= 0.3 is 0 Å². The van der Waals surface area contributed by atoms with E-state index in [4.69, 9.17) is 16.0 Å². The van der Waals surface area contributed by atoms with Gasteiger partial charge in [-0.1, -0.05) is 35.9 Å². The first-order chi connectivity index (χ1) is 11.6. The van der Waals surface area contributed by atoms with Crippen LogP contribution in [0.1, 0.15) is 27.8 Å². The number of carbonyl (C=O) groups excluding carboxylic acids is 2. The lowest BCUT2D eigenvalue weighted by Crippen LogP contribution is -2.13. The molecule has 6 heteroatoms. The summed E-state index contributed by atoms with van der Waals surface area (Å²) >= 11 is 6.15. The van der Waals surface area contributed by atoms with Gasteiger partial charge < -0.3 is 9.73 Å². The maximum atomic E-state index is 12.5. The summed E-state index contributed by atoms with van der Waals surface area (Å²) < 4.78 is 5.34. The average Bonchev–Trinajstić information content (AvgIpc) is 3.05. The van der Waals surface area contributed by atoms with E-state index in [9.17, 15) is 9.59 Å². The Labute approximate surface area is 143 Å². The molecule has 0 saturated heterocycles. The molecule has 0 unspecified atom stereocenters. The maximum Gasteiger partial charge on any atom is 0.278 e. The van der Waals surface area contributed by atoms with Gasteiger partial charge in [0.1, 0.15) is 0 Å². The SMILES string of the molecule is CC(=O)c1cccc(NC(=O)c2ncoc2-c2ccccc2Cl)c1. The molecule has 0 spiro atoms. The number of hydrogen-bond acceptors (Lipinski definition) is 4. The molecule has 24 heavy (non-hydrogen) atoms. The third-order valence-electron chi connectivity index (χ3n) is 3.43. The van der Waals surface area contributed by atoms with Crippen LogP contribution in [-0.4, -0.2) is 16.7 Å². The average molecular weight is 341 g/mol. The second-order valence-corrected chi connectivity index (χ2v) is 5.51. The summed E-state index contributed by atoms with van der Waals surface area (Å²) in [5.74, 6) is -0.232. The highest BCUT2D eigenvalue weighted by Gasteiger charge is 2.20. The summed E-state index contributed by atoms with van der Waals surface area (Å²) in [5, 5.41) is 3.17. The van der Waals surface area contributed by atoms with Crippen molar-refractivity contribution < 1.29 is 14.0 Å². The summed E-state index contributed by atoms with van der Waals surface area (Å²) in [7, 11) is 0. The number of amides is 1. The number of nitrogens with zero attached hydrogens (tertiary/aromatic N) is 1. The minimum atomic E-state index is -0.445. The molecule has 1 heterocycles. The minimum Gasteiger partial charge on any atom is -0.443 e. The molecule has 120 valence electrons. The molecule has 2 aromatic carbocycles. The van der Waals surface area contributed by atoms with Gasteiger partial charge in [-0.2, -0.15) is 0 Å². The van der Waals surface area contributed by atoms with E-state index in [2.05, 4.69) is 10.3 Å². The van der Waals surface area contributed by atoms with E-state index < -0.39 is 5.91 Å². The van der Waals surface area contributed by atoms with Crippen molar-refractivity contribution in [3.63, 3.8) is 0 Å². The molecular formula is C18H13ClN2O3. The molecule has 0 aliphatic rings. The third kappa shape index (κ3) is 3.21. The van der Waals surface area contributed by atoms with Crippen molar-refractivity contribution in [3.05, 3.63) is 71.2 Å². The minimum absolute atomic E-state index is 0.0794. The van der Waals surface area contributed by atoms with Gasteiger partial charge in [-0.15, -0.1) is 0 Å². The van der Waals surface area contributed by atoms with E-state index in [1.54, 1.807) is 48.5 Å². The normalized spacial score (nSPS) is 10.4. The molecule has 5 nitrogen and oxygen atoms in total. The Bertz CT molecular complexity index is 918. The lowest BCUT2D eigenvalue weighted by atomic mass is 10.1. The first kappa shape index (κ1) is 16.0.